The number of phenolic OH excluding ortho intramolecular Hbond substituents is 1. The van der Waals surface area contributed by atoms with Crippen LogP contribution in [-0.2, 0) is 0 Å². The summed E-state index contributed by atoms with van der Waals surface area (Å²) < 4.78 is 52.5. The maximum atomic E-state index is 16.9. The van der Waals surface area contributed by atoms with Crippen LogP contribution in [0.5, 0.6) is 11.8 Å². The lowest BCUT2D eigenvalue weighted by Gasteiger charge is -2.38. The Bertz CT molecular complexity index is 1910. The zero-order valence-corrected chi connectivity index (χ0v) is 26.3. The second-order valence-electron chi connectivity index (χ2n) is 13.2. The first-order valence-electron chi connectivity index (χ1n) is 15.9. The molecule has 4 aromatic rings. The van der Waals surface area contributed by atoms with Crippen molar-refractivity contribution in [1.29, 1.82) is 0 Å². The van der Waals surface area contributed by atoms with Crippen molar-refractivity contribution in [3.05, 3.63) is 47.7 Å². The van der Waals surface area contributed by atoms with Gasteiger partial charge in [-0.25, -0.2) is 13.2 Å². The molecule has 7 nitrogen and oxygen atoms in total. The van der Waals surface area contributed by atoms with Gasteiger partial charge in [-0.15, -0.1) is 6.42 Å². The minimum Gasteiger partial charge on any atom is -0.508 e. The summed E-state index contributed by atoms with van der Waals surface area (Å²) in [6.45, 7) is 2.98. The van der Waals surface area contributed by atoms with Crippen molar-refractivity contribution in [1.82, 2.24) is 19.9 Å². The van der Waals surface area contributed by atoms with Crippen LogP contribution in [0.2, 0.25) is 0 Å². The van der Waals surface area contributed by atoms with Gasteiger partial charge in [-0.1, -0.05) is 12.0 Å². The van der Waals surface area contributed by atoms with E-state index in [0.717, 1.165) is 45.3 Å². The molecule has 3 saturated heterocycles. The van der Waals surface area contributed by atoms with Crippen LogP contribution >= 0.6 is 11.8 Å². The number of benzene rings is 2. The van der Waals surface area contributed by atoms with Gasteiger partial charge in [0.2, 0.25) is 0 Å². The zero-order valence-electron chi connectivity index (χ0n) is 25.5. The average Bonchev–Trinajstić information content (AvgIpc) is 3.65. The largest absolute Gasteiger partial charge is 0.508 e. The van der Waals surface area contributed by atoms with Gasteiger partial charge in [0.1, 0.15) is 41.4 Å². The van der Waals surface area contributed by atoms with E-state index >= 15 is 4.39 Å². The monoisotopic (exact) mass is 645 g/mol. The highest BCUT2D eigenvalue weighted by Crippen LogP contribution is 2.46. The Morgan fingerprint density at radius 3 is 2.72 bits per heavy atom. The van der Waals surface area contributed by atoms with Crippen molar-refractivity contribution in [2.45, 2.75) is 49.1 Å². The quantitative estimate of drug-likeness (QED) is 0.244. The lowest BCUT2D eigenvalue weighted by molar-refractivity contribution is 0.107. The van der Waals surface area contributed by atoms with Crippen LogP contribution in [0.4, 0.5) is 19.0 Å². The highest BCUT2D eigenvalue weighted by atomic mass is 32.2. The Kier molecular flexibility index (Phi) is 7.22. The number of pyridine rings is 1. The SMILES string of the molecule is C#Cc1c(F)ccc2cc(O)cc(-c3ncc4c(N5CC6CCC(C5)C6SC)nc(OC[C@@]56CCCN5C[C@H](F)C6)nc4c3F)c12. The number of aromatic nitrogens is 3. The number of piperidine rings is 1. The lowest BCUT2D eigenvalue weighted by atomic mass is 9.95. The van der Waals surface area contributed by atoms with Gasteiger partial charge < -0.3 is 14.7 Å². The van der Waals surface area contributed by atoms with Gasteiger partial charge in [-0.05, 0) is 73.9 Å². The van der Waals surface area contributed by atoms with Crippen LogP contribution in [0, 0.1) is 35.8 Å². The summed E-state index contributed by atoms with van der Waals surface area (Å²) in [6, 6.07) is 5.53. The summed E-state index contributed by atoms with van der Waals surface area (Å²) in [5.41, 5.74) is -0.426. The number of alkyl halides is 1. The maximum absolute atomic E-state index is 16.9. The first-order chi connectivity index (χ1) is 22.3. The van der Waals surface area contributed by atoms with E-state index in [1.807, 2.05) is 11.8 Å². The molecule has 1 N–H and O–H groups in total. The maximum Gasteiger partial charge on any atom is 0.319 e. The van der Waals surface area contributed by atoms with Crippen LogP contribution in [0.1, 0.15) is 37.7 Å². The highest BCUT2D eigenvalue weighted by molar-refractivity contribution is 7.99. The molecule has 2 aromatic carbocycles. The van der Waals surface area contributed by atoms with Gasteiger partial charge in [0.15, 0.2) is 5.82 Å². The molecule has 2 bridgehead atoms. The Morgan fingerprint density at radius 2 is 1.96 bits per heavy atom. The fraction of sp³-hybridized carbons (Fsp3) is 0.457. The van der Waals surface area contributed by atoms with Crippen molar-refractivity contribution in [2.24, 2.45) is 11.8 Å². The smallest absolute Gasteiger partial charge is 0.319 e. The third kappa shape index (κ3) is 4.67. The van der Waals surface area contributed by atoms with Crippen LogP contribution in [0.15, 0.2) is 30.5 Å². The summed E-state index contributed by atoms with van der Waals surface area (Å²) in [6.07, 6.45) is 12.9. The number of halogens is 3. The molecule has 46 heavy (non-hydrogen) atoms. The van der Waals surface area contributed by atoms with E-state index in [9.17, 15) is 13.9 Å². The predicted octanol–water partition coefficient (Wildman–Crippen LogP) is 6.34. The Balaban J connectivity index is 1.27. The fourth-order valence-electron chi connectivity index (χ4n) is 8.65. The van der Waals surface area contributed by atoms with E-state index in [0.29, 0.717) is 46.6 Å². The molecule has 2 unspecified atom stereocenters. The summed E-state index contributed by atoms with van der Waals surface area (Å²) in [7, 11) is 0. The van der Waals surface area contributed by atoms with Crippen LogP contribution in [-0.4, -0.2) is 81.0 Å². The van der Waals surface area contributed by atoms with E-state index in [2.05, 4.69) is 31.9 Å². The third-order valence-electron chi connectivity index (χ3n) is 10.6. The standard InChI is InChI=1S/C35H34F3N5O2S/c1-3-24-27(37)8-7-19-11-23(44)12-25(28(19)24)30-29(38)31-26(14-39-30)33(42-15-20-5-6-21(16-42)32(20)46-2)41-34(40-31)45-18-35-9-4-10-43(35)17-22(36)13-35/h1,7-8,11-12,14,20-22,32,44H,4-6,9-10,13,15-18H2,2H3/t20?,21?,22-,32?,35+/m1/s1. The van der Waals surface area contributed by atoms with Crippen LogP contribution < -0.4 is 9.64 Å². The molecule has 1 aliphatic carbocycles. The van der Waals surface area contributed by atoms with Crippen molar-refractivity contribution in [3.63, 3.8) is 0 Å². The first-order valence-corrected chi connectivity index (χ1v) is 17.2. The van der Waals surface area contributed by atoms with Gasteiger partial charge in [0.05, 0.1) is 16.5 Å². The first kappa shape index (κ1) is 29.6. The summed E-state index contributed by atoms with van der Waals surface area (Å²) in [5, 5.41) is 12.3. The number of aromatic hydroxyl groups is 1. The molecule has 1 saturated carbocycles. The van der Waals surface area contributed by atoms with E-state index in [-0.39, 0.29) is 46.1 Å². The Hall–Kier alpha value is -3.75. The number of ether oxygens (including phenoxy) is 1. The number of thioether (sulfide) groups is 1. The molecular weight excluding hydrogens is 611 g/mol. The molecule has 8 rings (SSSR count). The van der Waals surface area contributed by atoms with E-state index in [4.69, 9.17) is 16.1 Å². The summed E-state index contributed by atoms with van der Waals surface area (Å²) >= 11 is 1.91. The van der Waals surface area contributed by atoms with E-state index < -0.39 is 23.3 Å². The van der Waals surface area contributed by atoms with Gasteiger partial charge in [0, 0.05) is 48.5 Å². The van der Waals surface area contributed by atoms with E-state index in [1.54, 1.807) is 6.20 Å². The van der Waals surface area contributed by atoms with Crippen molar-refractivity contribution in [2.75, 3.05) is 43.9 Å². The second kappa shape index (κ2) is 11.2. The lowest BCUT2D eigenvalue weighted by Crippen LogP contribution is -2.44. The minimum atomic E-state index is -0.911. The number of phenols is 1. The predicted molar refractivity (Wildman–Crippen MR) is 174 cm³/mol. The third-order valence-corrected chi connectivity index (χ3v) is 12.0. The van der Waals surface area contributed by atoms with Crippen LogP contribution in [0.25, 0.3) is 32.9 Å². The van der Waals surface area contributed by atoms with Gasteiger partial charge in [-0.2, -0.15) is 21.7 Å². The molecule has 4 fully saturated rings. The number of hydrogen-bond donors (Lipinski definition) is 1. The van der Waals surface area contributed by atoms with Gasteiger partial charge in [0.25, 0.3) is 0 Å². The molecule has 3 aliphatic heterocycles. The van der Waals surface area contributed by atoms with Gasteiger partial charge >= 0.3 is 6.01 Å². The second-order valence-corrected chi connectivity index (χ2v) is 14.3. The number of fused-ring (bicyclic) bond motifs is 5. The van der Waals surface area contributed by atoms with Crippen LogP contribution in [0.3, 0.4) is 0 Å². The van der Waals surface area contributed by atoms with Crippen molar-refractivity contribution >= 4 is 39.3 Å². The number of anilines is 1. The number of terminal acetylenes is 1. The number of rotatable bonds is 6. The molecule has 11 heteroatoms. The highest BCUT2D eigenvalue weighted by Gasteiger charge is 2.49. The van der Waals surface area contributed by atoms with E-state index in [1.165, 1.54) is 24.3 Å². The molecule has 2 aromatic heterocycles. The Labute approximate surface area is 269 Å². The average molecular weight is 646 g/mol. The molecule has 4 atom stereocenters. The molecule has 0 amide bonds. The fourth-order valence-corrected chi connectivity index (χ4v) is 9.86. The molecule has 0 spiro atoms. The van der Waals surface area contributed by atoms with Gasteiger partial charge in [-0.3, -0.25) is 9.88 Å². The van der Waals surface area contributed by atoms with Crippen molar-refractivity contribution < 1.29 is 23.0 Å². The summed E-state index contributed by atoms with van der Waals surface area (Å²) in [4.78, 5) is 18.3. The molecule has 0 radical (unpaired) electrons. The van der Waals surface area contributed by atoms with Crippen molar-refractivity contribution in [3.8, 4) is 35.4 Å². The number of hydrogen-bond acceptors (Lipinski definition) is 8. The molecule has 5 heterocycles. The molecular formula is C35H34F3N5O2S. The zero-order chi connectivity index (χ0) is 31.7. The molecule has 238 valence electrons. The molecule has 4 aliphatic rings. The minimum absolute atomic E-state index is 0.00931. The Morgan fingerprint density at radius 1 is 1.15 bits per heavy atom. The number of nitrogens with zero attached hydrogens (tertiary/aromatic N) is 5. The topological polar surface area (TPSA) is 74.6 Å². The normalized spacial score (nSPS) is 27.4. The summed E-state index contributed by atoms with van der Waals surface area (Å²) in [5.74, 6) is 2.39.